The van der Waals surface area contributed by atoms with E-state index in [2.05, 4.69) is 20.1 Å². The molecule has 0 saturated carbocycles. The van der Waals surface area contributed by atoms with Crippen molar-refractivity contribution >= 4 is 23.9 Å². The second-order valence-electron chi connectivity index (χ2n) is 5.83. The molecule has 0 amide bonds. The highest BCUT2D eigenvalue weighted by atomic mass is 16.6. The van der Waals surface area contributed by atoms with E-state index in [9.17, 15) is 19.2 Å². The van der Waals surface area contributed by atoms with Crippen molar-refractivity contribution in [2.45, 2.75) is 69.5 Å². The molecular formula is C20H44N2O8. The van der Waals surface area contributed by atoms with Gasteiger partial charge in [-0.1, -0.05) is 57.4 Å². The predicted octanol–water partition coefficient (Wildman–Crippen LogP) is 1.70. The van der Waals surface area contributed by atoms with Crippen molar-refractivity contribution in [1.82, 2.24) is 10.6 Å². The van der Waals surface area contributed by atoms with Gasteiger partial charge in [-0.3, -0.25) is 9.59 Å². The second-order valence-corrected chi connectivity index (χ2v) is 5.83. The van der Waals surface area contributed by atoms with Crippen molar-refractivity contribution in [3.63, 3.8) is 0 Å². The Balaban J connectivity index is -0.000000521. The van der Waals surface area contributed by atoms with Gasteiger partial charge in [0, 0.05) is 12.1 Å². The average molecular weight is 441 g/mol. The zero-order valence-corrected chi connectivity index (χ0v) is 15.7. The molecule has 10 heteroatoms. The minimum Gasteiger partial charge on any atom is -0.460 e. The minimum absolute atomic E-state index is 0. The van der Waals surface area contributed by atoms with Crippen LogP contribution in [0.2, 0.25) is 0 Å². The summed E-state index contributed by atoms with van der Waals surface area (Å²) in [5.74, 6) is -2.66. The van der Waals surface area contributed by atoms with Crippen LogP contribution in [0, 0.1) is 0 Å². The highest BCUT2D eigenvalue weighted by molar-refractivity contribution is 5.78. The molecule has 0 aliphatic rings. The third kappa shape index (κ3) is 25.8. The van der Waals surface area contributed by atoms with E-state index in [-0.39, 0.29) is 68.1 Å². The average Bonchev–Trinajstić information content (AvgIpc) is 2.58. The normalized spacial score (nSPS) is 9.13. The number of esters is 4. The molecular weight excluding hydrogens is 396 g/mol. The molecule has 0 aromatic heterocycles. The fraction of sp³-hybridized carbons (Fsp3) is 0.800. The SMILES string of the molecule is C.C.C.C.CC(C)NCC(=O)OCC(=O)OCCOC(=O)COC(=O)CNC(C)C. The van der Waals surface area contributed by atoms with E-state index >= 15 is 0 Å². The first-order valence-electron chi connectivity index (χ1n) is 8.30. The molecule has 0 heterocycles. The maximum Gasteiger partial charge on any atom is 0.344 e. The van der Waals surface area contributed by atoms with E-state index in [4.69, 9.17) is 9.47 Å². The van der Waals surface area contributed by atoms with Crippen molar-refractivity contribution < 1.29 is 38.1 Å². The molecule has 0 unspecified atom stereocenters. The fourth-order valence-electron chi connectivity index (χ4n) is 1.35. The maximum absolute atomic E-state index is 11.3. The molecule has 0 saturated heterocycles. The molecule has 0 spiro atoms. The molecule has 0 aromatic carbocycles. The Bertz CT molecular complexity index is 426. The van der Waals surface area contributed by atoms with Crippen molar-refractivity contribution in [3.8, 4) is 0 Å². The van der Waals surface area contributed by atoms with Gasteiger partial charge in [0.15, 0.2) is 13.2 Å². The van der Waals surface area contributed by atoms with Crippen LogP contribution in [-0.4, -0.2) is 75.5 Å². The van der Waals surface area contributed by atoms with Gasteiger partial charge in [-0.2, -0.15) is 0 Å². The van der Waals surface area contributed by atoms with E-state index < -0.39 is 37.1 Å². The highest BCUT2D eigenvalue weighted by Crippen LogP contribution is 1.88. The number of rotatable bonds is 13. The third-order valence-electron chi connectivity index (χ3n) is 2.62. The topological polar surface area (TPSA) is 129 Å². The quantitative estimate of drug-likeness (QED) is 0.248. The van der Waals surface area contributed by atoms with E-state index in [0.29, 0.717) is 0 Å². The Hall–Kier alpha value is -2.20. The highest BCUT2D eigenvalue weighted by Gasteiger charge is 2.11. The summed E-state index contributed by atoms with van der Waals surface area (Å²) in [7, 11) is 0. The van der Waals surface area contributed by atoms with Crippen LogP contribution in [0.3, 0.4) is 0 Å². The van der Waals surface area contributed by atoms with Crippen LogP contribution in [-0.2, 0) is 38.1 Å². The van der Waals surface area contributed by atoms with Crippen LogP contribution in [0.4, 0.5) is 0 Å². The molecule has 0 bridgehead atoms. The number of carbonyl (C=O) groups excluding carboxylic acids is 4. The number of hydrogen-bond acceptors (Lipinski definition) is 10. The first-order chi connectivity index (χ1) is 12.2. The van der Waals surface area contributed by atoms with Gasteiger partial charge in [0.25, 0.3) is 0 Å². The van der Waals surface area contributed by atoms with Gasteiger partial charge < -0.3 is 29.6 Å². The van der Waals surface area contributed by atoms with Crippen molar-refractivity contribution in [3.05, 3.63) is 0 Å². The molecule has 30 heavy (non-hydrogen) atoms. The number of nitrogens with one attached hydrogen (secondary N) is 2. The molecule has 0 radical (unpaired) electrons. The third-order valence-corrected chi connectivity index (χ3v) is 2.62. The molecule has 0 aliphatic heterocycles. The molecule has 10 nitrogen and oxygen atoms in total. The Morgan fingerprint density at radius 3 is 1.13 bits per heavy atom. The van der Waals surface area contributed by atoms with E-state index in [1.807, 2.05) is 27.7 Å². The molecule has 0 rings (SSSR count). The van der Waals surface area contributed by atoms with Gasteiger partial charge in [0.1, 0.15) is 13.2 Å². The summed E-state index contributed by atoms with van der Waals surface area (Å²) in [6, 6.07) is 0.241. The van der Waals surface area contributed by atoms with Crippen LogP contribution < -0.4 is 10.6 Å². The zero-order valence-electron chi connectivity index (χ0n) is 15.7. The largest absolute Gasteiger partial charge is 0.460 e. The van der Waals surface area contributed by atoms with Crippen LogP contribution in [0.15, 0.2) is 0 Å². The summed E-state index contributed by atoms with van der Waals surface area (Å²) in [5, 5.41) is 5.69. The lowest BCUT2D eigenvalue weighted by Gasteiger charge is -2.09. The monoisotopic (exact) mass is 440 g/mol. The summed E-state index contributed by atoms with van der Waals surface area (Å²) < 4.78 is 18.8. The lowest BCUT2D eigenvalue weighted by molar-refractivity contribution is -0.163. The summed E-state index contributed by atoms with van der Waals surface area (Å²) in [6.07, 6.45) is 0. The Kier molecular flexibility index (Phi) is 29.6. The zero-order chi connectivity index (χ0) is 19.9. The van der Waals surface area contributed by atoms with Gasteiger partial charge in [-0.15, -0.1) is 0 Å². The Morgan fingerprint density at radius 2 is 0.867 bits per heavy atom. The van der Waals surface area contributed by atoms with Gasteiger partial charge in [-0.05, 0) is 0 Å². The summed E-state index contributed by atoms with van der Waals surface area (Å²) in [6.45, 7) is 6.02. The van der Waals surface area contributed by atoms with Crippen molar-refractivity contribution in [2.75, 3.05) is 39.5 Å². The second kappa shape index (κ2) is 23.1. The lowest BCUT2D eigenvalue weighted by atomic mass is 10.4. The van der Waals surface area contributed by atoms with Gasteiger partial charge in [0.05, 0.1) is 13.1 Å². The predicted molar refractivity (Wildman–Crippen MR) is 117 cm³/mol. The molecule has 0 aromatic rings. The maximum atomic E-state index is 11.3. The van der Waals surface area contributed by atoms with Gasteiger partial charge in [0.2, 0.25) is 0 Å². The van der Waals surface area contributed by atoms with E-state index in [1.165, 1.54) is 0 Å². The smallest absolute Gasteiger partial charge is 0.344 e. The summed E-state index contributed by atoms with van der Waals surface area (Å²) >= 11 is 0. The molecule has 0 aliphatic carbocycles. The molecule has 182 valence electrons. The fourth-order valence-corrected chi connectivity index (χ4v) is 1.35. The lowest BCUT2D eigenvalue weighted by Crippen LogP contribution is -2.32. The molecule has 0 atom stereocenters. The number of hydrogen-bond donors (Lipinski definition) is 2. The Labute approximate surface area is 182 Å². The minimum atomic E-state index is -0.759. The van der Waals surface area contributed by atoms with Crippen LogP contribution in [0.5, 0.6) is 0 Å². The van der Waals surface area contributed by atoms with Crippen LogP contribution in [0.25, 0.3) is 0 Å². The van der Waals surface area contributed by atoms with E-state index in [0.717, 1.165) is 0 Å². The summed E-state index contributed by atoms with van der Waals surface area (Å²) in [5.41, 5.74) is 0. The van der Waals surface area contributed by atoms with E-state index in [1.54, 1.807) is 0 Å². The summed E-state index contributed by atoms with van der Waals surface area (Å²) in [4.78, 5) is 45.2. The van der Waals surface area contributed by atoms with Crippen LogP contribution >= 0.6 is 0 Å². The van der Waals surface area contributed by atoms with Crippen LogP contribution in [0.1, 0.15) is 57.4 Å². The first-order valence-corrected chi connectivity index (χ1v) is 8.30. The first kappa shape index (κ1) is 38.4. The number of carbonyl (C=O) groups is 4. The van der Waals surface area contributed by atoms with Crippen molar-refractivity contribution in [2.24, 2.45) is 0 Å². The molecule has 0 fully saturated rings. The van der Waals surface area contributed by atoms with Gasteiger partial charge >= 0.3 is 23.9 Å². The standard InChI is InChI=1S/C16H28N2O8.4CH4/c1-11(2)17-7-13(19)25-9-15(21)23-5-6-24-16(22)10-26-14(20)8-18-12(3)4;;;;/h11-12,17-18H,5-10H2,1-4H3;4*1H4. The molecule has 2 N–H and O–H groups in total. The van der Waals surface area contributed by atoms with Gasteiger partial charge in [-0.25, -0.2) is 9.59 Å². The Morgan fingerprint density at radius 1 is 0.567 bits per heavy atom. The van der Waals surface area contributed by atoms with Crippen molar-refractivity contribution in [1.29, 1.82) is 0 Å². The number of ether oxygens (including phenoxy) is 4.